The Morgan fingerprint density at radius 2 is 2.21 bits per heavy atom. The maximum absolute atomic E-state index is 13.2. The molecule has 14 heavy (non-hydrogen) atoms. The van der Waals surface area contributed by atoms with Crippen LogP contribution in [0.3, 0.4) is 0 Å². The number of benzene rings is 1. The third-order valence-corrected chi connectivity index (χ3v) is 1.88. The molecule has 6 heteroatoms. The largest absolute Gasteiger partial charge is 0.393 e. The first-order valence-corrected chi connectivity index (χ1v) is 3.67. The summed E-state index contributed by atoms with van der Waals surface area (Å²) >= 11 is 0. The minimum Gasteiger partial charge on any atom is -0.393 e. The summed E-state index contributed by atoms with van der Waals surface area (Å²) < 4.78 is 13.2. The quantitative estimate of drug-likeness (QED) is 0.337. The SMILES string of the molecule is Cc1c(N)c([N+](=O)[O-])cc(C=O)c1F. The van der Waals surface area contributed by atoms with E-state index in [1.54, 1.807) is 0 Å². The van der Waals surface area contributed by atoms with Gasteiger partial charge in [-0.15, -0.1) is 0 Å². The molecule has 0 amide bonds. The molecule has 0 unspecified atom stereocenters. The van der Waals surface area contributed by atoms with Crippen molar-refractivity contribution in [2.24, 2.45) is 0 Å². The lowest BCUT2D eigenvalue weighted by Gasteiger charge is -2.04. The summed E-state index contributed by atoms with van der Waals surface area (Å²) in [6, 6.07) is 0.824. The van der Waals surface area contributed by atoms with E-state index in [-0.39, 0.29) is 23.1 Å². The van der Waals surface area contributed by atoms with Crippen molar-refractivity contribution in [2.45, 2.75) is 6.92 Å². The Morgan fingerprint density at radius 3 is 2.64 bits per heavy atom. The van der Waals surface area contributed by atoms with Crippen molar-refractivity contribution in [3.05, 3.63) is 33.1 Å². The molecule has 0 spiro atoms. The summed E-state index contributed by atoms with van der Waals surface area (Å²) in [4.78, 5) is 20.0. The first-order chi connectivity index (χ1) is 6.49. The zero-order valence-electron chi connectivity index (χ0n) is 7.28. The van der Waals surface area contributed by atoms with Gasteiger partial charge in [0.05, 0.1) is 10.5 Å². The number of nitrogens with zero attached hydrogens (tertiary/aromatic N) is 1. The number of anilines is 1. The molecule has 2 N–H and O–H groups in total. The zero-order chi connectivity index (χ0) is 10.9. The number of carbonyl (C=O) groups is 1. The molecule has 5 nitrogen and oxygen atoms in total. The van der Waals surface area contributed by atoms with Crippen molar-refractivity contribution in [3.63, 3.8) is 0 Å². The second kappa shape index (κ2) is 3.41. The van der Waals surface area contributed by atoms with E-state index in [2.05, 4.69) is 0 Å². The van der Waals surface area contributed by atoms with E-state index >= 15 is 0 Å². The highest BCUT2D eigenvalue weighted by molar-refractivity contribution is 5.81. The van der Waals surface area contributed by atoms with Crippen molar-refractivity contribution in [2.75, 3.05) is 5.73 Å². The number of nitro benzene ring substituents is 1. The van der Waals surface area contributed by atoms with Crippen molar-refractivity contribution in [1.29, 1.82) is 0 Å². The van der Waals surface area contributed by atoms with Crippen LogP contribution in [0, 0.1) is 22.9 Å². The van der Waals surface area contributed by atoms with Crippen molar-refractivity contribution >= 4 is 17.7 Å². The average molecular weight is 198 g/mol. The van der Waals surface area contributed by atoms with Crippen LogP contribution in [0.15, 0.2) is 6.07 Å². The smallest absolute Gasteiger partial charge is 0.293 e. The Kier molecular flexibility index (Phi) is 2.46. The van der Waals surface area contributed by atoms with Gasteiger partial charge in [-0.3, -0.25) is 14.9 Å². The van der Waals surface area contributed by atoms with Crippen LogP contribution in [-0.4, -0.2) is 11.2 Å². The Labute approximate surface area is 78.5 Å². The van der Waals surface area contributed by atoms with Gasteiger partial charge in [0.25, 0.3) is 5.69 Å². The number of aldehydes is 1. The molecule has 0 saturated heterocycles. The minimum atomic E-state index is -0.817. The summed E-state index contributed by atoms with van der Waals surface area (Å²) in [7, 11) is 0. The summed E-state index contributed by atoms with van der Waals surface area (Å²) in [6.07, 6.45) is 0.217. The molecule has 0 aliphatic heterocycles. The van der Waals surface area contributed by atoms with Gasteiger partial charge in [-0.05, 0) is 6.92 Å². The van der Waals surface area contributed by atoms with Gasteiger partial charge < -0.3 is 5.73 Å². The van der Waals surface area contributed by atoms with Crippen LogP contribution in [0.25, 0.3) is 0 Å². The topological polar surface area (TPSA) is 86.2 Å². The van der Waals surface area contributed by atoms with Crippen LogP contribution in [-0.2, 0) is 0 Å². The Morgan fingerprint density at radius 1 is 1.64 bits per heavy atom. The highest BCUT2D eigenvalue weighted by Crippen LogP contribution is 2.28. The molecule has 0 radical (unpaired) electrons. The fourth-order valence-corrected chi connectivity index (χ4v) is 1.05. The fourth-order valence-electron chi connectivity index (χ4n) is 1.05. The van der Waals surface area contributed by atoms with Gasteiger partial charge >= 0.3 is 0 Å². The van der Waals surface area contributed by atoms with Crippen molar-refractivity contribution in [1.82, 2.24) is 0 Å². The Bertz CT molecular complexity index is 418. The Balaban J connectivity index is 3.56. The van der Waals surface area contributed by atoms with Crippen LogP contribution in [0.2, 0.25) is 0 Å². The predicted molar refractivity (Wildman–Crippen MR) is 47.6 cm³/mol. The molecule has 0 aliphatic carbocycles. The first kappa shape index (κ1) is 10.1. The third-order valence-electron chi connectivity index (χ3n) is 1.88. The highest BCUT2D eigenvalue weighted by Gasteiger charge is 2.19. The van der Waals surface area contributed by atoms with E-state index in [1.807, 2.05) is 0 Å². The van der Waals surface area contributed by atoms with Gasteiger partial charge in [-0.25, -0.2) is 4.39 Å². The lowest BCUT2D eigenvalue weighted by atomic mass is 10.1. The monoisotopic (exact) mass is 198 g/mol. The third kappa shape index (κ3) is 1.41. The fraction of sp³-hybridized carbons (Fsp3) is 0.125. The molecular formula is C8H7FN2O3. The van der Waals surface area contributed by atoms with E-state index < -0.39 is 16.4 Å². The van der Waals surface area contributed by atoms with Crippen LogP contribution < -0.4 is 5.73 Å². The number of rotatable bonds is 2. The molecule has 0 saturated carbocycles. The standard InChI is InChI=1S/C8H7FN2O3/c1-4-7(9)5(3-12)2-6(8(4)10)11(13)14/h2-3H,10H2,1H3. The predicted octanol–water partition coefficient (Wildman–Crippen LogP) is 1.44. The first-order valence-electron chi connectivity index (χ1n) is 3.67. The van der Waals surface area contributed by atoms with Gasteiger partial charge in [0, 0.05) is 11.6 Å². The van der Waals surface area contributed by atoms with Crippen molar-refractivity contribution < 1.29 is 14.1 Å². The molecule has 74 valence electrons. The van der Waals surface area contributed by atoms with Gasteiger partial charge in [0.2, 0.25) is 0 Å². The molecule has 1 rings (SSSR count). The maximum atomic E-state index is 13.2. The molecular weight excluding hydrogens is 191 g/mol. The van der Waals surface area contributed by atoms with E-state index in [4.69, 9.17) is 5.73 Å². The minimum absolute atomic E-state index is 0.0821. The average Bonchev–Trinajstić information content (AvgIpc) is 2.14. The Hall–Kier alpha value is -1.98. The van der Waals surface area contributed by atoms with E-state index in [1.165, 1.54) is 6.92 Å². The van der Waals surface area contributed by atoms with Gasteiger partial charge in [-0.2, -0.15) is 0 Å². The molecule has 1 aromatic carbocycles. The van der Waals surface area contributed by atoms with E-state index in [0.29, 0.717) is 0 Å². The summed E-state index contributed by atoms with van der Waals surface area (Å²) in [5.41, 5.74) is 4.17. The van der Waals surface area contributed by atoms with Gasteiger partial charge in [0.1, 0.15) is 11.5 Å². The lowest BCUT2D eigenvalue weighted by molar-refractivity contribution is -0.384. The van der Waals surface area contributed by atoms with E-state index in [9.17, 15) is 19.3 Å². The molecule has 0 bridgehead atoms. The normalized spacial score (nSPS) is 9.86. The maximum Gasteiger partial charge on any atom is 0.293 e. The number of nitrogen functional groups attached to an aromatic ring is 1. The van der Waals surface area contributed by atoms with Gasteiger partial charge in [0.15, 0.2) is 6.29 Å². The molecule has 0 aliphatic rings. The molecule has 0 aromatic heterocycles. The number of hydrogen-bond acceptors (Lipinski definition) is 4. The van der Waals surface area contributed by atoms with Gasteiger partial charge in [-0.1, -0.05) is 0 Å². The summed E-state index contributed by atoms with van der Waals surface area (Å²) in [6.45, 7) is 1.28. The molecule has 0 heterocycles. The second-order valence-electron chi connectivity index (χ2n) is 2.71. The van der Waals surface area contributed by atoms with Crippen LogP contribution in [0.5, 0.6) is 0 Å². The number of hydrogen-bond donors (Lipinski definition) is 1. The number of nitro groups is 1. The van der Waals surface area contributed by atoms with Crippen LogP contribution in [0.4, 0.5) is 15.8 Å². The molecule has 0 fully saturated rings. The number of halogens is 1. The summed E-state index contributed by atoms with van der Waals surface area (Å²) in [5.74, 6) is -0.817. The second-order valence-corrected chi connectivity index (χ2v) is 2.71. The van der Waals surface area contributed by atoms with Crippen molar-refractivity contribution in [3.8, 4) is 0 Å². The highest BCUT2D eigenvalue weighted by atomic mass is 19.1. The molecule has 1 aromatic rings. The number of nitrogens with two attached hydrogens (primary N) is 1. The molecule has 0 atom stereocenters. The van der Waals surface area contributed by atoms with Crippen LogP contribution >= 0.6 is 0 Å². The number of carbonyl (C=O) groups excluding carboxylic acids is 1. The van der Waals surface area contributed by atoms with Crippen LogP contribution in [0.1, 0.15) is 15.9 Å². The summed E-state index contributed by atoms with van der Waals surface area (Å²) in [5, 5.41) is 10.4. The van der Waals surface area contributed by atoms with E-state index in [0.717, 1.165) is 6.07 Å². The zero-order valence-corrected chi connectivity index (χ0v) is 7.28. The lowest BCUT2D eigenvalue weighted by Crippen LogP contribution is -2.03.